The second-order valence-corrected chi connectivity index (χ2v) is 7.39. The summed E-state index contributed by atoms with van der Waals surface area (Å²) in [7, 11) is 0. The predicted molar refractivity (Wildman–Crippen MR) is 119 cm³/mol. The number of aryl methyl sites for hydroxylation is 1. The quantitative estimate of drug-likeness (QED) is 0.495. The molecule has 0 atom stereocenters. The van der Waals surface area contributed by atoms with E-state index in [0.717, 1.165) is 21.7 Å². The average Bonchev–Trinajstić information content (AvgIpc) is 3.09. The van der Waals surface area contributed by atoms with Crippen LogP contribution < -0.4 is 14.8 Å². The van der Waals surface area contributed by atoms with Gasteiger partial charge < -0.3 is 9.47 Å². The van der Waals surface area contributed by atoms with E-state index in [1.165, 1.54) is 17.4 Å². The minimum Gasteiger partial charge on any atom is -0.490 e. The summed E-state index contributed by atoms with van der Waals surface area (Å²) >= 11 is 1.46. The number of benzene rings is 2. The molecule has 1 amide bonds. The summed E-state index contributed by atoms with van der Waals surface area (Å²) in [6.45, 7) is 6.96. The summed E-state index contributed by atoms with van der Waals surface area (Å²) in [6.07, 6.45) is 3.23. The van der Waals surface area contributed by atoms with Crippen LogP contribution in [0, 0.1) is 6.92 Å². The van der Waals surface area contributed by atoms with Crippen LogP contribution >= 0.6 is 11.3 Å². The van der Waals surface area contributed by atoms with E-state index in [4.69, 9.17) is 9.47 Å². The monoisotopic (exact) mass is 408 g/mol. The van der Waals surface area contributed by atoms with Crippen LogP contribution in [-0.4, -0.2) is 24.1 Å². The predicted octanol–water partition coefficient (Wildman–Crippen LogP) is 5.57. The van der Waals surface area contributed by atoms with Crippen molar-refractivity contribution in [1.29, 1.82) is 0 Å². The molecular weight excluding hydrogens is 384 g/mol. The summed E-state index contributed by atoms with van der Waals surface area (Å²) in [5.41, 5.74) is 2.78. The maximum Gasteiger partial charge on any atom is 0.250 e. The van der Waals surface area contributed by atoms with Crippen molar-refractivity contribution in [3.05, 3.63) is 65.0 Å². The lowest BCUT2D eigenvalue weighted by atomic mass is 10.1. The molecule has 0 saturated heterocycles. The Hall–Kier alpha value is -3.12. The summed E-state index contributed by atoms with van der Waals surface area (Å²) in [4.78, 5) is 18.0. The van der Waals surface area contributed by atoms with Gasteiger partial charge in [0.15, 0.2) is 16.6 Å². The fourth-order valence-electron chi connectivity index (χ4n) is 2.80. The Morgan fingerprint density at radius 3 is 2.52 bits per heavy atom. The second kappa shape index (κ2) is 9.89. The molecule has 1 heterocycles. The number of aromatic nitrogens is 1. The van der Waals surface area contributed by atoms with Crippen molar-refractivity contribution in [2.45, 2.75) is 20.8 Å². The summed E-state index contributed by atoms with van der Waals surface area (Å²) in [5.74, 6) is 1.13. The van der Waals surface area contributed by atoms with Crippen LogP contribution in [0.15, 0.2) is 54.6 Å². The van der Waals surface area contributed by atoms with Crippen LogP contribution in [0.3, 0.4) is 0 Å². The third-order valence-electron chi connectivity index (χ3n) is 4.07. The van der Waals surface area contributed by atoms with Crippen molar-refractivity contribution in [1.82, 2.24) is 4.98 Å². The summed E-state index contributed by atoms with van der Waals surface area (Å²) in [6, 6.07) is 15.5. The lowest BCUT2D eigenvalue weighted by Gasteiger charge is -2.11. The Kier molecular flexibility index (Phi) is 7.03. The Balaban J connectivity index is 1.69. The number of anilines is 1. The van der Waals surface area contributed by atoms with E-state index in [-0.39, 0.29) is 5.91 Å². The van der Waals surface area contributed by atoms with Gasteiger partial charge in [-0.05, 0) is 44.5 Å². The van der Waals surface area contributed by atoms with Crippen LogP contribution in [0.1, 0.15) is 24.3 Å². The van der Waals surface area contributed by atoms with Crippen molar-refractivity contribution >= 4 is 28.5 Å². The molecule has 3 rings (SSSR count). The van der Waals surface area contributed by atoms with E-state index in [1.54, 1.807) is 6.08 Å². The molecule has 0 spiro atoms. The standard InChI is InChI=1S/C23H24N2O3S/c1-4-27-19-13-11-17(15-20(19)28-5-2)12-14-21(26)24-23-25-22(16(3)29-23)18-9-7-6-8-10-18/h6-15H,4-5H2,1-3H3,(H,24,25,26)/b14-12+. The maximum atomic E-state index is 12.3. The van der Waals surface area contributed by atoms with Crippen LogP contribution in [-0.2, 0) is 4.79 Å². The molecule has 0 saturated carbocycles. The van der Waals surface area contributed by atoms with Crippen molar-refractivity contribution in [2.24, 2.45) is 0 Å². The Labute approximate surface area is 175 Å². The van der Waals surface area contributed by atoms with Gasteiger partial charge in [0.2, 0.25) is 5.91 Å². The smallest absolute Gasteiger partial charge is 0.250 e. The molecule has 0 fully saturated rings. The molecule has 0 aliphatic heterocycles. The normalized spacial score (nSPS) is 10.9. The van der Waals surface area contributed by atoms with Gasteiger partial charge in [0.05, 0.1) is 18.9 Å². The van der Waals surface area contributed by atoms with E-state index in [2.05, 4.69) is 10.3 Å². The molecule has 0 unspecified atom stereocenters. The highest BCUT2D eigenvalue weighted by Gasteiger charge is 2.11. The number of hydrogen-bond acceptors (Lipinski definition) is 5. The molecule has 2 aromatic carbocycles. The molecule has 1 aromatic heterocycles. The first-order chi connectivity index (χ1) is 14.1. The van der Waals surface area contributed by atoms with Crippen molar-refractivity contribution in [3.8, 4) is 22.8 Å². The zero-order valence-corrected chi connectivity index (χ0v) is 17.6. The lowest BCUT2D eigenvalue weighted by molar-refractivity contribution is -0.111. The largest absolute Gasteiger partial charge is 0.490 e. The number of carbonyl (C=O) groups is 1. The zero-order valence-electron chi connectivity index (χ0n) is 16.8. The number of hydrogen-bond donors (Lipinski definition) is 1. The first-order valence-electron chi connectivity index (χ1n) is 9.52. The van der Waals surface area contributed by atoms with Crippen LogP contribution in [0.4, 0.5) is 5.13 Å². The van der Waals surface area contributed by atoms with Gasteiger partial charge in [-0.15, -0.1) is 11.3 Å². The highest BCUT2D eigenvalue weighted by Crippen LogP contribution is 2.31. The van der Waals surface area contributed by atoms with Gasteiger partial charge in [-0.1, -0.05) is 36.4 Å². The van der Waals surface area contributed by atoms with Gasteiger partial charge in [0.1, 0.15) is 0 Å². The lowest BCUT2D eigenvalue weighted by Crippen LogP contribution is -2.07. The number of rotatable bonds is 8. The van der Waals surface area contributed by atoms with Crippen molar-refractivity contribution in [2.75, 3.05) is 18.5 Å². The minimum atomic E-state index is -0.231. The highest BCUT2D eigenvalue weighted by atomic mass is 32.1. The molecule has 3 aromatic rings. The molecule has 0 radical (unpaired) electrons. The Morgan fingerprint density at radius 2 is 1.79 bits per heavy atom. The van der Waals surface area contributed by atoms with Crippen LogP contribution in [0.5, 0.6) is 11.5 Å². The Morgan fingerprint density at radius 1 is 1.07 bits per heavy atom. The Bertz CT molecular complexity index is 997. The molecule has 1 N–H and O–H groups in total. The van der Waals surface area contributed by atoms with Gasteiger partial charge in [0.25, 0.3) is 0 Å². The molecule has 29 heavy (non-hydrogen) atoms. The number of amides is 1. The third kappa shape index (κ3) is 5.45. The van der Waals surface area contributed by atoms with Gasteiger partial charge in [0, 0.05) is 16.5 Å². The maximum absolute atomic E-state index is 12.3. The summed E-state index contributed by atoms with van der Waals surface area (Å²) in [5, 5.41) is 3.42. The first-order valence-corrected chi connectivity index (χ1v) is 10.3. The third-order valence-corrected chi connectivity index (χ3v) is 4.95. The molecule has 0 aliphatic carbocycles. The number of nitrogens with zero attached hydrogens (tertiary/aromatic N) is 1. The molecule has 6 heteroatoms. The average molecular weight is 409 g/mol. The van der Waals surface area contributed by atoms with E-state index < -0.39 is 0 Å². The zero-order chi connectivity index (χ0) is 20.6. The van der Waals surface area contributed by atoms with E-state index >= 15 is 0 Å². The van der Waals surface area contributed by atoms with Gasteiger partial charge in [-0.25, -0.2) is 4.98 Å². The van der Waals surface area contributed by atoms with Gasteiger partial charge >= 0.3 is 0 Å². The van der Waals surface area contributed by atoms with E-state index in [9.17, 15) is 4.79 Å². The van der Waals surface area contributed by atoms with Crippen LogP contribution in [0.2, 0.25) is 0 Å². The van der Waals surface area contributed by atoms with Gasteiger partial charge in [-0.3, -0.25) is 10.1 Å². The molecule has 0 bridgehead atoms. The number of carbonyl (C=O) groups excluding carboxylic acids is 1. The molecule has 5 nitrogen and oxygen atoms in total. The number of ether oxygens (including phenoxy) is 2. The van der Waals surface area contributed by atoms with Crippen molar-refractivity contribution < 1.29 is 14.3 Å². The molecule has 150 valence electrons. The minimum absolute atomic E-state index is 0.231. The number of thiazole rings is 1. The second-order valence-electron chi connectivity index (χ2n) is 6.18. The number of nitrogens with one attached hydrogen (secondary N) is 1. The summed E-state index contributed by atoms with van der Waals surface area (Å²) < 4.78 is 11.2. The first kappa shape index (κ1) is 20.6. The van der Waals surface area contributed by atoms with E-state index in [0.29, 0.717) is 29.8 Å². The molecule has 0 aliphatic rings. The van der Waals surface area contributed by atoms with E-state index in [1.807, 2.05) is 69.3 Å². The van der Waals surface area contributed by atoms with Crippen LogP contribution in [0.25, 0.3) is 17.3 Å². The fourth-order valence-corrected chi connectivity index (χ4v) is 3.64. The fraction of sp³-hybridized carbons (Fsp3) is 0.217. The molecular formula is C23H24N2O3S. The van der Waals surface area contributed by atoms with Crippen molar-refractivity contribution in [3.63, 3.8) is 0 Å². The van der Waals surface area contributed by atoms with Gasteiger partial charge in [-0.2, -0.15) is 0 Å². The SMILES string of the molecule is CCOc1ccc(/C=C/C(=O)Nc2nc(-c3ccccc3)c(C)s2)cc1OCC. The topological polar surface area (TPSA) is 60.5 Å². The highest BCUT2D eigenvalue weighted by molar-refractivity contribution is 7.16.